The molecule has 0 spiro atoms. The van der Waals surface area contributed by atoms with Crippen LogP contribution in [0.25, 0.3) is 0 Å². The van der Waals surface area contributed by atoms with Gasteiger partial charge in [-0.1, -0.05) is 23.4 Å². The molecular formula is C12H14N2O. The summed E-state index contributed by atoms with van der Waals surface area (Å²) in [5.41, 5.74) is 3.30. The summed E-state index contributed by atoms with van der Waals surface area (Å²) in [6, 6.07) is 10.1. The van der Waals surface area contributed by atoms with Crippen molar-refractivity contribution in [2.24, 2.45) is 0 Å². The summed E-state index contributed by atoms with van der Waals surface area (Å²) in [5.74, 6) is 0.844. The van der Waals surface area contributed by atoms with Crippen molar-refractivity contribution >= 4 is 5.69 Å². The monoisotopic (exact) mass is 202 g/mol. The third-order valence-electron chi connectivity index (χ3n) is 2.28. The Kier molecular flexibility index (Phi) is 2.72. The minimum Gasteiger partial charge on any atom is -0.379 e. The van der Waals surface area contributed by atoms with E-state index >= 15 is 0 Å². The quantitative estimate of drug-likeness (QED) is 0.831. The highest BCUT2D eigenvalue weighted by Crippen LogP contribution is 2.14. The van der Waals surface area contributed by atoms with Gasteiger partial charge in [0.05, 0.1) is 6.54 Å². The van der Waals surface area contributed by atoms with Gasteiger partial charge in [-0.25, -0.2) is 0 Å². The van der Waals surface area contributed by atoms with E-state index in [1.54, 1.807) is 0 Å². The largest absolute Gasteiger partial charge is 0.379 e. The van der Waals surface area contributed by atoms with Crippen LogP contribution in [0.15, 0.2) is 34.9 Å². The van der Waals surface area contributed by atoms with Crippen molar-refractivity contribution in [2.45, 2.75) is 20.4 Å². The lowest BCUT2D eigenvalue weighted by Crippen LogP contribution is -2.00. The molecule has 0 fully saturated rings. The normalized spacial score (nSPS) is 10.3. The molecule has 0 amide bonds. The van der Waals surface area contributed by atoms with Crippen LogP contribution in [-0.4, -0.2) is 5.16 Å². The van der Waals surface area contributed by atoms with Gasteiger partial charge in [0.25, 0.3) is 0 Å². The zero-order chi connectivity index (χ0) is 10.7. The van der Waals surface area contributed by atoms with E-state index in [9.17, 15) is 0 Å². The lowest BCUT2D eigenvalue weighted by molar-refractivity contribution is 0.391. The minimum absolute atomic E-state index is 0.697. The molecule has 0 aliphatic carbocycles. The third-order valence-corrected chi connectivity index (χ3v) is 2.28. The zero-order valence-electron chi connectivity index (χ0n) is 8.95. The number of anilines is 1. The molecule has 3 nitrogen and oxygen atoms in total. The number of aromatic nitrogens is 1. The van der Waals surface area contributed by atoms with Crippen molar-refractivity contribution in [3.63, 3.8) is 0 Å². The molecule has 78 valence electrons. The van der Waals surface area contributed by atoms with Crippen molar-refractivity contribution in [2.75, 3.05) is 5.32 Å². The SMILES string of the molecule is Cc1cc(CNc2ccccc2C)no1. The number of aryl methyl sites for hydroxylation is 2. The maximum Gasteiger partial charge on any atom is 0.133 e. The summed E-state index contributed by atoms with van der Waals surface area (Å²) < 4.78 is 4.99. The number of rotatable bonds is 3. The van der Waals surface area contributed by atoms with Crippen molar-refractivity contribution in [1.29, 1.82) is 0 Å². The van der Waals surface area contributed by atoms with Crippen molar-refractivity contribution in [3.8, 4) is 0 Å². The Bertz CT molecular complexity index is 448. The molecule has 0 saturated heterocycles. The van der Waals surface area contributed by atoms with Crippen LogP contribution in [-0.2, 0) is 6.54 Å². The van der Waals surface area contributed by atoms with Crippen LogP contribution in [0.5, 0.6) is 0 Å². The summed E-state index contributed by atoms with van der Waals surface area (Å²) in [6.45, 7) is 4.67. The van der Waals surface area contributed by atoms with Gasteiger partial charge in [-0.05, 0) is 25.5 Å². The Morgan fingerprint density at radius 1 is 1.27 bits per heavy atom. The van der Waals surface area contributed by atoms with E-state index in [-0.39, 0.29) is 0 Å². The van der Waals surface area contributed by atoms with Gasteiger partial charge in [0.1, 0.15) is 11.5 Å². The molecule has 0 aliphatic heterocycles. The molecule has 0 aliphatic rings. The Morgan fingerprint density at radius 3 is 2.73 bits per heavy atom. The lowest BCUT2D eigenvalue weighted by Gasteiger charge is -2.06. The standard InChI is InChI=1S/C12H14N2O/c1-9-5-3-4-6-12(9)13-8-11-7-10(2)15-14-11/h3-7,13H,8H2,1-2H3. The molecule has 0 bridgehead atoms. The van der Waals surface area contributed by atoms with E-state index < -0.39 is 0 Å². The predicted molar refractivity (Wildman–Crippen MR) is 59.7 cm³/mol. The number of para-hydroxylation sites is 1. The number of nitrogens with zero attached hydrogens (tertiary/aromatic N) is 1. The smallest absolute Gasteiger partial charge is 0.133 e. The Balaban J connectivity index is 2.02. The van der Waals surface area contributed by atoms with E-state index in [1.165, 1.54) is 5.56 Å². The van der Waals surface area contributed by atoms with Crippen LogP contribution >= 0.6 is 0 Å². The molecule has 15 heavy (non-hydrogen) atoms. The van der Waals surface area contributed by atoms with Gasteiger partial charge in [0.15, 0.2) is 0 Å². The molecule has 3 heteroatoms. The van der Waals surface area contributed by atoms with Crippen molar-refractivity contribution in [1.82, 2.24) is 5.16 Å². The Hall–Kier alpha value is -1.77. The number of nitrogens with one attached hydrogen (secondary N) is 1. The second kappa shape index (κ2) is 4.17. The first-order valence-electron chi connectivity index (χ1n) is 4.97. The van der Waals surface area contributed by atoms with Crippen LogP contribution in [0.1, 0.15) is 17.0 Å². The topological polar surface area (TPSA) is 38.1 Å². The second-order valence-corrected chi connectivity index (χ2v) is 3.60. The van der Waals surface area contributed by atoms with Gasteiger partial charge < -0.3 is 9.84 Å². The van der Waals surface area contributed by atoms with Gasteiger partial charge >= 0.3 is 0 Å². The third kappa shape index (κ3) is 2.37. The fraction of sp³-hybridized carbons (Fsp3) is 0.250. The van der Waals surface area contributed by atoms with Crippen molar-refractivity contribution < 1.29 is 4.52 Å². The van der Waals surface area contributed by atoms with E-state index in [4.69, 9.17) is 4.52 Å². The summed E-state index contributed by atoms with van der Waals surface area (Å²) in [4.78, 5) is 0. The Labute approximate surface area is 89.1 Å². The average molecular weight is 202 g/mol. The molecule has 1 aromatic carbocycles. The van der Waals surface area contributed by atoms with Gasteiger partial charge in [-0.2, -0.15) is 0 Å². The molecule has 0 saturated carbocycles. The van der Waals surface area contributed by atoms with Gasteiger partial charge in [0, 0.05) is 11.8 Å². The predicted octanol–water partition coefficient (Wildman–Crippen LogP) is 2.90. The highest BCUT2D eigenvalue weighted by Gasteiger charge is 2.00. The van der Waals surface area contributed by atoms with E-state index in [1.807, 2.05) is 25.1 Å². The molecule has 1 heterocycles. The molecular weight excluding hydrogens is 188 g/mol. The van der Waals surface area contributed by atoms with Crippen LogP contribution in [0, 0.1) is 13.8 Å². The van der Waals surface area contributed by atoms with E-state index in [0.29, 0.717) is 6.54 Å². The molecule has 2 rings (SSSR count). The molecule has 0 radical (unpaired) electrons. The number of hydrogen-bond donors (Lipinski definition) is 1. The molecule has 0 unspecified atom stereocenters. The van der Waals surface area contributed by atoms with E-state index in [0.717, 1.165) is 17.1 Å². The second-order valence-electron chi connectivity index (χ2n) is 3.60. The minimum atomic E-state index is 0.697. The fourth-order valence-electron chi connectivity index (χ4n) is 1.46. The molecule has 1 aromatic heterocycles. The first kappa shape index (κ1) is 9.77. The maximum atomic E-state index is 4.99. The summed E-state index contributed by atoms with van der Waals surface area (Å²) in [7, 11) is 0. The highest BCUT2D eigenvalue weighted by atomic mass is 16.5. The first-order valence-corrected chi connectivity index (χ1v) is 4.97. The van der Waals surface area contributed by atoms with Gasteiger partial charge in [-0.15, -0.1) is 0 Å². The average Bonchev–Trinajstić information content (AvgIpc) is 2.63. The first-order chi connectivity index (χ1) is 7.25. The zero-order valence-corrected chi connectivity index (χ0v) is 8.95. The van der Waals surface area contributed by atoms with Crippen LogP contribution in [0.2, 0.25) is 0 Å². The van der Waals surface area contributed by atoms with Gasteiger partial charge in [0.2, 0.25) is 0 Å². The Morgan fingerprint density at radius 2 is 2.07 bits per heavy atom. The van der Waals surface area contributed by atoms with Crippen molar-refractivity contribution in [3.05, 3.63) is 47.3 Å². The van der Waals surface area contributed by atoms with Crippen LogP contribution in [0.3, 0.4) is 0 Å². The van der Waals surface area contributed by atoms with Gasteiger partial charge in [-0.3, -0.25) is 0 Å². The number of hydrogen-bond acceptors (Lipinski definition) is 3. The summed E-state index contributed by atoms with van der Waals surface area (Å²) in [6.07, 6.45) is 0. The van der Waals surface area contributed by atoms with Crippen LogP contribution in [0.4, 0.5) is 5.69 Å². The van der Waals surface area contributed by atoms with E-state index in [2.05, 4.69) is 29.5 Å². The molecule has 2 aromatic rings. The maximum absolute atomic E-state index is 4.99. The molecule has 1 N–H and O–H groups in total. The molecule has 0 atom stereocenters. The highest BCUT2D eigenvalue weighted by molar-refractivity contribution is 5.50. The summed E-state index contributed by atoms with van der Waals surface area (Å²) in [5, 5.41) is 7.24. The summed E-state index contributed by atoms with van der Waals surface area (Å²) >= 11 is 0. The number of benzene rings is 1. The van der Waals surface area contributed by atoms with Crippen LogP contribution < -0.4 is 5.32 Å². The fourth-order valence-corrected chi connectivity index (χ4v) is 1.46. The lowest BCUT2D eigenvalue weighted by atomic mass is 10.2.